The number of thioether (sulfide) groups is 1. The molecule has 27 heavy (non-hydrogen) atoms. The van der Waals surface area contributed by atoms with Crippen LogP contribution < -0.4 is 10.1 Å². The van der Waals surface area contributed by atoms with Gasteiger partial charge in [0.05, 0.1) is 23.7 Å². The van der Waals surface area contributed by atoms with Gasteiger partial charge in [0.1, 0.15) is 5.75 Å². The summed E-state index contributed by atoms with van der Waals surface area (Å²) in [5.74, 6) is 0.462. The van der Waals surface area contributed by atoms with Gasteiger partial charge in [0, 0.05) is 0 Å². The highest BCUT2D eigenvalue weighted by Gasteiger charge is 2.21. The summed E-state index contributed by atoms with van der Waals surface area (Å²) in [6, 6.07) is 13.3. The van der Waals surface area contributed by atoms with Gasteiger partial charge in [-0.25, -0.2) is 0 Å². The zero-order chi connectivity index (χ0) is 19.4. The number of nitrogens with zero attached hydrogens (tertiary/aromatic N) is 4. The van der Waals surface area contributed by atoms with E-state index in [1.165, 1.54) is 11.8 Å². The number of para-hydroxylation sites is 3. The largest absolute Gasteiger partial charge is 0.495 e. The lowest BCUT2D eigenvalue weighted by Crippen LogP contribution is -2.23. The molecule has 0 spiro atoms. The van der Waals surface area contributed by atoms with Gasteiger partial charge in [0.15, 0.2) is 0 Å². The predicted molar refractivity (Wildman–Crippen MR) is 106 cm³/mol. The quantitative estimate of drug-likeness (QED) is 0.657. The van der Waals surface area contributed by atoms with Crippen molar-refractivity contribution < 1.29 is 9.53 Å². The Morgan fingerprint density at radius 3 is 2.56 bits per heavy atom. The molecule has 0 saturated carbocycles. The lowest BCUT2D eigenvalue weighted by molar-refractivity contribution is -0.115. The average Bonchev–Trinajstić information content (AvgIpc) is 3.09. The van der Waals surface area contributed by atoms with Crippen molar-refractivity contribution >= 4 is 23.4 Å². The van der Waals surface area contributed by atoms with Crippen LogP contribution in [0.2, 0.25) is 0 Å². The zero-order valence-corrected chi connectivity index (χ0v) is 16.4. The van der Waals surface area contributed by atoms with Crippen LogP contribution in [-0.4, -0.2) is 38.5 Å². The van der Waals surface area contributed by atoms with Crippen LogP contribution in [0.25, 0.3) is 5.69 Å². The Kier molecular flexibility index (Phi) is 5.75. The zero-order valence-electron chi connectivity index (χ0n) is 15.6. The van der Waals surface area contributed by atoms with Gasteiger partial charge < -0.3 is 10.1 Å². The Hall–Kier alpha value is -2.87. The predicted octanol–water partition coefficient (Wildman–Crippen LogP) is 3.41. The number of nitrogens with one attached hydrogen (secondary N) is 1. The number of amides is 1. The molecule has 1 aromatic heterocycles. The minimum Gasteiger partial charge on any atom is -0.495 e. The van der Waals surface area contributed by atoms with Crippen molar-refractivity contribution in [3.8, 4) is 11.4 Å². The molecule has 1 unspecified atom stereocenters. The van der Waals surface area contributed by atoms with Crippen LogP contribution in [0, 0.1) is 13.8 Å². The molecule has 0 aliphatic rings. The van der Waals surface area contributed by atoms with E-state index in [1.807, 2.05) is 51.1 Å². The minimum atomic E-state index is -0.399. The number of aryl methyl sites for hydroxylation is 2. The van der Waals surface area contributed by atoms with Crippen LogP contribution in [0.4, 0.5) is 5.69 Å². The molecule has 0 aliphatic carbocycles. The van der Waals surface area contributed by atoms with Gasteiger partial charge in [-0.3, -0.25) is 4.79 Å². The smallest absolute Gasteiger partial charge is 0.237 e. The molecule has 0 aliphatic heterocycles. The number of hydrogen-bond donors (Lipinski definition) is 1. The van der Waals surface area contributed by atoms with Gasteiger partial charge >= 0.3 is 0 Å². The second-order valence-electron chi connectivity index (χ2n) is 6.06. The number of aromatic nitrogens is 4. The molecule has 0 bridgehead atoms. The molecule has 1 amide bonds. The number of tetrazole rings is 1. The molecule has 1 heterocycles. The van der Waals surface area contributed by atoms with E-state index < -0.39 is 5.25 Å². The van der Waals surface area contributed by atoms with E-state index in [1.54, 1.807) is 23.9 Å². The molecule has 0 radical (unpaired) electrons. The number of methoxy groups -OCH3 is 1. The maximum Gasteiger partial charge on any atom is 0.237 e. The fourth-order valence-corrected chi connectivity index (χ4v) is 3.52. The van der Waals surface area contributed by atoms with Crippen molar-refractivity contribution in [2.45, 2.75) is 31.2 Å². The van der Waals surface area contributed by atoms with E-state index in [-0.39, 0.29) is 5.91 Å². The maximum atomic E-state index is 12.6. The van der Waals surface area contributed by atoms with Crippen LogP contribution in [0.3, 0.4) is 0 Å². The lowest BCUT2D eigenvalue weighted by Gasteiger charge is -2.15. The monoisotopic (exact) mass is 383 g/mol. The summed E-state index contributed by atoms with van der Waals surface area (Å²) < 4.78 is 6.96. The van der Waals surface area contributed by atoms with E-state index in [0.717, 1.165) is 16.8 Å². The number of anilines is 1. The van der Waals surface area contributed by atoms with Crippen LogP contribution in [0.5, 0.6) is 5.75 Å². The van der Waals surface area contributed by atoms with Crippen molar-refractivity contribution in [1.29, 1.82) is 0 Å². The van der Waals surface area contributed by atoms with E-state index >= 15 is 0 Å². The third kappa shape index (κ3) is 4.11. The van der Waals surface area contributed by atoms with Crippen molar-refractivity contribution in [2.24, 2.45) is 0 Å². The van der Waals surface area contributed by atoms with Crippen molar-refractivity contribution in [1.82, 2.24) is 20.2 Å². The number of carbonyl (C=O) groups is 1. The molecule has 2 aromatic carbocycles. The molecule has 1 atom stereocenters. The Bertz CT molecular complexity index is 937. The van der Waals surface area contributed by atoms with Crippen molar-refractivity contribution in [2.75, 3.05) is 12.4 Å². The number of rotatable bonds is 6. The van der Waals surface area contributed by atoms with E-state index in [0.29, 0.717) is 16.6 Å². The molecule has 0 saturated heterocycles. The number of hydrogen-bond acceptors (Lipinski definition) is 6. The molecule has 3 aromatic rings. The normalized spacial score (nSPS) is 11.9. The van der Waals surface area contributed by atoms with E-state index in [9.17, 15) is 4.79 Å². The number of carbonyl (C=O) groups excluding carboxylic acids is 1. The molecule has 8 heteroatoms. The molecule has 0 fully saturated rings. The first-order chi connectivity index (χ1) is 13.0. The average molecular weight is 383 g/mol. The van der Waals surface area contributed by atoms with Crippen LogP contribution >= 0.6 is 11.8 Å². The maximum absolute atomic E-state index is 12.6. The van der Waals surface area contributed by atoms with Gasteiger partial charge in [-0.2, -0.15) is 4.68 Å². The Balaban J connectivity index is 1.78. The molecular formula is C19H21N5O2S. The standard InChI is InChI=1S/C19H21N5O2S/c1-12-8-7-9-13(2)17(12)24-19(21-22-23-24)27-14(3)18(25)20-15-10-5-6-11-16(15)26-4/h5-11,14H,1-4H3,(H,20,25). The third-order valence-electron chi connectivity index (χ3n) is 4.11. The highest BCUT2D eigenvalue weighted by Crippen LogP contribution is 2.28. The number of ether oxygens (including phenoxy) is 1. The van der Waals surface area contributed by atoms with Crippen molar-refractivity contribution in [3.05, 3.63) is 53.6 Å². The Morgan fingerprint density at radius 2 is 1.85 bits per heavy atom. The SMILES string of the molecule is COc1ccccc1NC(=O)C(C)Sc1nnnn1-c1c(C)cccc1C. The van der Waals surface area contributed by atoms with Gasteiger partial charge in [-0.05, 0) is 54.5 Å². The van der Waals surface area contributed by atoms with Gasteiger partial charge in [-0.1, -0.05) is 42.1 Å². The Labute approximate surface area is 162 Å². The third-order valence-corrected chi connectivity index (χ3v) is 5.14. The minimum absolute atomic E-state index is 0.152. The summed E-state index contributed by atoms with van der Waals surface area (Å²) in [6.45, 7) is 5.84. The summed E-state index contributed by atoms with van der Waals surface area (Å²) in [6.07, 6.45) is 0. The van der Waals surface area contributed by atoms with Crippen LogP contribution in [-0.2, 0) is 4.79 Å². The van der Waals surface area contributed by atoms with E-state index in [4.69, 9.17) is 4.74 Å². The van der Waals surface area contributed by atoms with Crippen molar-refractivity contribution in [3.63, 3.8) is 0 Å². The summed E-state index contributed by atoms with van der Waals surface area (Å²) in [7, 11) is 1.57. The van der Waals surface area contributed by atoms with E-state index in [2.05, 4.69) is 20.8 Å². The first-order valence-corrected chi connectivity index (χ1v) is 9.34. The first kappa shape index (κ1) is 18.9. The topological polar surface area (TPSA) is 81.9 Å². The second kappa shape index (κ2) is 8.22. The van der Waals surface area contributed by atoms with Crippen LogP contribution in [0.15, 0.2) is 47.6 Å². The fourth-order valence-electron chi connectivity index (χ4n) is 2.73. The molecule has 7 nitrogen and oxygen atoms in total. The molecule has 140 valence electrons. The molecule has 1 N–H and O–H groups in total. The summed E-state index contributed by atoms with van der Waals surface area (Å²) in [4.78, 5) is 12.6. The molecular weight excluding hydrogens is 362 g/mol. The van der Waals surface area contributed by atoms with Crippen LogP contribution in [0.1, 0.15) is 18.1 Å². The molecule has 3 rings (SSSR count). The summed E-state index contributed by atoms with van der Waals surface area (Å²) in [5.41, 5.74) is 3.69. The lowest BCUT2D eigenvalue weighted by atomic mass is 10.1. The highest BCUT2D eigenvalue weighted by molar-refractivity contribution is 8.00. The second-order valence-corrected chi connectivity index (χ2v) is 7.37. The van der Waals surface area contributed by atoms with Gasteiger partial charge in [0.2, 0.25) is 11.1 Å². The van der Waals surface area contributed by atoms with Gasteiger partial charge in [-0.15, -0.1) is 5.10 Å². The summed E-state index contributed by atoms with van der Waals surface area (Å²) in [5, 5.41) is 15.1. The highest BCUT2D eigenvalue weighted by atomic mass is 32.2. The first-order valence-electron chi connectivity index (χ1n) is 8.46. The Morgan fingerprint density at radius 1 is 1.15 bits per heavy atom. The number of benzene rings is 2. The summed E-state index contributed by atoms with van der Waals surface area (Å²) >= 11 is 1.30. The fraction of sp³-hybridized carbons (Fsp3) is 0.263. The van der Waals surface area contributed by atoms with Gasteiger partial charge in [0.25, 0.3) is 0 Å².